The van der Waals surface area contributed by atoms with E-state index in [9.17, 15) is 9.59 Å². The van der Waals surface area contributed by atoms with Gasteiger partial charge in [-0.25, -0.2) is 0 Å². The number of rotatable bonds is 15. The minimum atomic E-state index is -0.685. The average Bonchev–Trinajstić information content (AvgIpc) is 2.46. The summed E-state index contributed by atoms with van der Waals surface area (Å²) in [6.07, 6.45) is 21.4. The lowest BCUT2D eigenvalue weighted by molar-refractivity contribution is -0.137. The number of aldehydes is 1. The van der Waals surface area contributed by atoms with Crippen molar-refractivity contribution in [2.45, 2.75) is 77.0 Å². The van der Waals surface area contributed by atoms with E-state index in [1.165, 1.54) is 12.8 Å². The van der Waals surface area contributed by atoms with E-state index in [-0.39, 0.29) is 0 Å². The largest absolute Gasteiger partial charge is 0.481 e. The van der Waals surface area contributed by atoms with Gasteiger partial charge in [0.1, 0.15) is 6.29 Å². The molecule has 0 heterocycles. The van der Waals surface area contributed by atoms with E-state index in [0.717, 1.165) is 57.7 Å². The van der Waals surface area contributed by atoms with Crippen LogP contribution in [-0.2, 0) is 9.59 Å². The Hall–Kier alpha value is -1.38. The average molecular weight is 294 g/mol. The van der Waals surface area contributed by atoms with Gasteiger partial charge >= 0.3 is 5.97 Å². The summed E-state index contributed by atoms with van der Waals surface area (Å²) >= 11 is 0. The topological polar surface area (TPSA) is 54.4 Å². The van der Waals surface area contributed by atoms with Gasteiger partial charge in [0.2, 0.25) is 0 Å². The van der Waals surface area contributed by atoms with Crippen LogP contribution in [0, 0.1) is 0 Å². The molecule has 0 aromatic carbocycles. The lowest BCUT2D eigenvalue weighted by Gasteiger charge is -1.98. The molecule has 0 fully saturated rings. The predicted molar refractivity (Wildman–Crippen MR) is 87.4 cm³/mol. The second kappa shape index (κ2) is 16.7. The van der Waals surface area contributed by atoms with Crippen molar-refractivity contribution < 1.29 is 14.7 Å². The molecule has 0 atom stereocenters. The molecule has 3 nitrogen and oxygen atoms in total. The molecular formula is C18H30O3. The highest BCUT2D eigenvalue weighted by molar-refractivity contribution is 5.66. The Bertz CT molecular complexity index is 306. The van der Waals surface area contributed by atoms with Crippen LogP contribution in [0.15, 0.2) is 24.3 Å². The number of carboxylic acid groups (broad SMARTS) is 1. The molecule has 3 heteroatoms. The van der Waals surface area contributed by atoms with Crippen LogP contribution in [0.4, 0.5) is 0 Å². The maximum Gasteiger partial charge on any atom is 0.303 e. The zero-order chi connectivity index (χ0) is 15.6. The quantitative estimate of drug-likeness (QED) is 0.261. The third kappa shape index (κ3) is 18.6. The fourth-order valence-electron chi connectivity index (χ4n) is 2.07. The van der Waals surface area contributed by atoms with Crippen molar-refractivity contribution in [1.82, 2.24) is 0 Å². The number of aliphatic carboxylic acids is 1. The van der Waals surface area contributed by atoms with Crippen LogP contribution >= 0.6 is 0 Å². The van der Waals surface area contributed by atoms with Crippen molar-refractivity contribution in [2.24, 2.45) is 0 Å². The molecule has 0 radical (unpaired) electrons. The Morgan fingerprint density at radius 2 is 1.24 bits per heavy atom. The first kappa shape index (κ1) is 19.6. The van der Waals surface area contributed by atoms with Gasteiger partial charge in [-0.2, -0.15) is 0 Å². The number of carboxylic acids is 1. The lowest BCUT2D eigenvalue weighted by atomic mass is 10.1. The fraction of sp³-hybridized carbons (Fsp3) is 0.667. The molecule has 0 saturated carbocycles. The van der Waals surface area contributed by atoms with Crippen molar-refractivity contribution in [3.05, 3.63) is 24.3 Å². The standard InChI is InChI=1S/C18H30O3/c19-17-15-13-11-9-7-5-3-1-2-4-6-8-10-12-14-16-18(20)21/h1-2,5,7,17H,3-4,6,8-16H2,(H,20,21)/b2-1-,7-5-. The van der Waals surface area contributed by atoms with Gasteiger partial charge in [-0.15, -0.1) is 0 Å². The lowest BCUT2D eigenvalue weighted by Crippen LogP contribution is -1.93. The predicted octanol–water partition coefficient (Wildman–Crippen LogP) is 5.06. The maximum absolute atomic E-state index is 10.3. The van der Waals surface area contributed by atoms with E-state index in [4.69, 9.17) is 5.11 Å². The summed E-state index contributed by atoms with van der Waals surface area (Å²) in [5.74, 6) is -0.685. The van der Waals surface area contributed by atoms with E-state index in [1.54, 1.807) is 0 Å². The van der Waals surface area contributed by atoms with E-state index in [1.807, 2.05) is 0 Å². The Morgan fingerprint density at radius 3 is 1.86 bits per heavy atom. The Labute approximate surface area is 129 Å². The molecule has 0 aliphatic rings. The van der Waals surface area contributed by atoms with Crippen LogP contribution in [0.5, 0.6) is 0 Å². The maximum atomic E-state index is 10.3. The summed E-state index contributed by atoms with van der Waals surface area (Å²) in [5, 5.41) is 8.50. The zero-order valence-corrected chi connectivity index (χ0v) is 13.1. The van der Waals surface area contributed by atoms with Crippen LogP contribution < -0.4 is 0 Å². The molecule has 0 rings (SSSR count). The number of allylic oxidation sites excluding steroid dienone is 4. The summed E-state index contributed by atoms with van der Waals surface area (Å²) in [4.78, 5) is 20.4. The Balaban J connectivity index is 3.20. The molecule has 0 spiro atoms. The van der Waals surface area contributed by atoms with Crippen molar-refractivity contribution >= 4 is 12.3 Å². The SMILES string of the molecule is O=CCCCC/C=C\C/C=C\CCCCCCCC(=O)O. The second-order valence-electron chi connectivity index (χ2n) is 5.33. The third-order valence-electron chi connectivity index (χ3n) is 3.31. The number of carbonyl (C=O) groups is 2. The minimum absolute atomic E-state index is 0.307. The fourth-order valence-corrected chi connectivity index (χ4v) is 2.07. The van der Waals surface area contributed by atoms with Gasteiger partial charge < -0.3 is 9.90 Å². The molecule has 21 heavy (non-hydrogen) atoms. The Morgan fingerprint density at radius 1 is 0.714 bits per heavy atom. The Kier molecular flexibility index (Phi) is 15.6. The van der Waals surface area contributed by atoms with Gasteiger partial charge in [0.15, 0.2) is 0 Å². The van der Waals surface area contributed by atoms with E-state index < -0.39 is 5.97 Å². The van der Waals surface area contributed by atoms with Gasteiger partial charge in [-0.05, 0) is 44.9 Å². The molecule has 0 amide bonds. The van der Waals surface area contributed by atoms with Gasteiger partial charge in [0.25, 0.3) is 0 Å². The highest BCUT2D eigenvalue weighted by Crippen LogP contribution is 2.08. The first-order valence-electron chi connectivity index (χ1n) is 8.22. The van der Waals surface area contributed by atoms with Crippen LogP contribution in [-0.4, -0.2) is 17.4 Å². The monoisotopic (exact) mass is 294 g/mol. The van der Waals surface area contributed by atoms with Crippen molar-refractivity contribution in [1.29, 1.82) is 0 Å². The summed E-state index contributed by atoms with van der Waals surface area (Å²) in [5.41, 5.74) is 0. The highest BCUT2D eigenvalue weighted by Gasteiger charge is 1.95. The second-order valence-corrected chi connectivity index (χ2v) is 5.33. The third-order valence-corrected chi connectivity index (χ3v) is 3.31. The molecule has 1 N–H and O–H groups in total. The zero-order valence-electron chi connectivity index (χ0n) is 13.1. The summed E-state index contributed by atoms with van der Waals surface area (Å²) in [6, 6.07) is 0. The molecule has 0 aromatic heterocycles. The van der Waals surface area contributed by atoms with Crippen molar-refractivity contribution in [2.75, 3.05) is 0 Å². The summed E-state index contributed by atoms with van der Waals surface area (Å²) in [6.45, 7) is 0. The first-order valence-corrected chi connectivity index (χ1v) is 8.22. The molecule has 0 aromatic rings. The number of carbonyl (C=O) groups excluding carboxylic acids is 1. The molecule has 0 saturated heterocycles. The first-order chi connectivity index (χ1) is 10.3. The van der Waals surface area contributed by atoms with Crippen LogP contribution in [0.25, 0.3) is 0 Å². The van der Waals surface area contributed by atoms with Gasteiger partial charge in [0.05, 0.1) is 0 Å². The molecular weight excluding hydrogens is 264 g/mol. The number of hydrogen-bond acceptors (Lipinski definition) is 2. The number of unbranched alkanes of at least 4 members (excludes halogenated alkanes) is 8. The summed E-state index contributed by atoms with van der Waals surface area (Å²) < 4.78 is 0. The van der Waals surface area contributed by atoms with Crippen molar-refractivity contribution in [3.63, 3.8) is 0 Å². The van der Waals surface area contributed by atoms with Gasteiger partial charge in [-0.3, -0.25) is 4.79 Å². The van der Waals surface area contributed by atoms with E-state index in [0.29, 0.717) is 12.8 Å². The molecule has 0 aliphatic heterocycles. The van der Waals surface area contributed by atoms with Crippen LogP contribution in [0.2, 0.25) is 0 Å². The van der Waals surface area contributed by atoms with E-state index in [2.05, 4.69) is 24.3 Å². The van der Waals surface area contributed by atoms with E-state index >= 15 is 0 Å². The van der Waals surface area contributed by atoms with Gasteiger partial charge in [0, 0.05) is 12.8 Å². The molecule has 120 valence electrons. The minimum Gasteiger partial charge on any atom is -0.481 e. The van der Waals surface area contributed by atoms with Crippen molar-refractivity contribution in [3.8, 4) is 0 Å². The normalized spacial score (nSPS) is 11.4. The van der Waals surface area contributed by atoms with Crippen LogP contribution in [0.3, 0.4) is 0 Å². The number of hydrogen-bond donors (Lipinski definition) is 1. The molecule has 0 aliphatic carbocycles. The molecule has 0 unspecified atom stereocenters. The van der Waals surface area contributed by atoms with Gasteiger partial charge in [-0.1, -0.05) is 43.6 Å². The summed E-state index contributed by atoms with van der Waals surface area (Å²) in [7, 11) is 0. The van der Waals surface area contributed by atoms with Crippen LogP contribution in [0.1, 0.15) is 77.0 Å². The molecule has 0 bridgehead atoms. The smallest absolute Gasteiger partial charge is 0.303 e. The highest BCUT2D eigenvalue weighted by atomic mass is 16.4.